The van der Waals surface area contributed by atoms with Crippen LogP contribution in [0.3, 0.4) is 0 Å². The van der Waals surface area contributed by atoms with E-state index in [2.05, 4.69) is 15.1 Å². The Morgan fingerprint density at radius 3 is 2.69 bits per heavy atom. The molecule has 1 unspecified atom stereocenters. The SMILES string of the molecule is Cc1nn(C)c(Cl)c1C(O)c1cnccn1. The van der Waals surface area contributed by atoms with Crippen molar-refractivity contribution in [1.82, 2.24) is 19.7 Å². The Balaban J connectivity index is 2.45. The van der Waals surface area contributed by atoms with Crippen LogP contribution in [0.5, 0.6) is 0 Å². The second-order valence-corrected chi connectivity index (χ2v) is 3.80. The lowest BCUT2D eigenvalue weighted by molar-refractivity contribution is 0.214. The average Bonchev–Trinajstić information content (AvgIpc) is 2.54. The van der Waals surface area contributed by atoms with Gasteiger partial charge in [0.1, 0.15) is 11.3 Å². The van der Waals surface area contributed by atoms with Gasteiger partial charge in [0.15, 0.2) is 0 Å². The molecule has 2 rings (SSSR count). The highest BCUT2D eigenvalue weighted by Gasteiger charge is 2.21. The molecule has 1 atom stereocenters. The molecule has 1 N–H and O–H groups in total. The van der Waals surface area contributed by atoms with Gasteiger partial charge in [-0.3, -0.25) is 14.6 Å². The number of nitrogens with zero attached hydrogens (tertiary/aromatic N) is 4. The van der Waals surface area contributed by atoms with Gasteiger partial charge in [-0.2, -0.15) is 5.10 Å². The van der Waals surface area contributed by atoms with Crippen LogP contribution in [-0.2, 0) is 7.05 Å². The summed E-state index contributed by atoms with van der Waals surface area (Å²) in [7, 11) is 1.72. The normalized spacial score (nSPS) is 12.8. The number of hydrogen-bond donors (Lipinski definition) is 1. The predicted molar refractivity (Wildman–Crippen MR) is 59.0 cm³/mol. The predicted octanol–water partition coefficient (Wildman–Crippen LogP) is 1.25. The second kappa shape index (κ2) is 4.19. The van der Waals surface area contributed by atoms with Crippen molar-refractivity contribution in [2.24, 2.45) is 7.05 Å². The van der Waals surface area contributed by atoms with Crippen molar-refractivity contribution in [1.29, 1.82) is 0 Å². The standard InChI is InChI=1S/C10H11ClN4O/c1-6-8(10(11)15(2)14-6)9(16)7-5-12-3-4-13-7/h3-5,9,16H,1-2H3. The summed E-state index contributed by atoms with van der Waals surface area (Å²) >= 11 is 6.05. The number of hydrogen-bond acceptors (Lipinski definition) is 4. The Bertz CT molecular complexity index is 497. The van der Waals surface area contributed by atoms with Crippen molar-refractivity contribution in [3.63, 3.8) is 0 Å². The van der Waals surface area contributed by atoms with Crippen molar-refractivity contribution in [3.8, 4) is 0 Å². The molecule has 0 saturated heterocycles. The molecule has 16 heavy (non-hydrogen) atoms. The van der Waals surface area contributed by atoms with Gasteiger partial charge in [0.05, 0.1) is 17.6 Å². The Morgan fingerprint density at radius 2 is 2.19 bits per heavy atom. The molecule has 2 aromatic rings. The first-order valence-corrected chi connectivity index (χ1v) is 5.12. The van der Waals surface area contributed by atoms with Crippen LogP contribution in [0, 0.1) is 6.92 Å². The second-order valence-electron chi connectivity index (χ2n) is 3.45. The van der Waals surface area contributed by atoms with Gasteiger partial charge < -0.3 is 5.11 Å². The fourth-order valence-corrected chi connectivity index (χ4v) is 1.83. The molecule has 0 aromatic carbocycles. The fourth-order valence-electron chi connectivity index (χ4n) is 1.56. The molecular weight excluding hydrogens is 228 g/mol. The molecule has 0 bridgehead atoms. The van der Waals surface area contributed by atoms with E-state index >= 15 is 0 Å². The minimum Gasteiger partial charge on any atom is -0.382 e. The van der Waals surface area contributed by atoms with Gasteiger partial charge in [-0.15, -0.1) is 0 Å². The molecule has 0 spiro atoms. The molecule has 0 saturated carbocycles. The number of aliphatic hydroxyl groups excluding tert-OH is 1. The maximum absolute atomic E-state index is 10.1. The van der Waals surface area contributed by atoms with E-state index in [0.29, 0.717) is 22.1 Å². The quantitative estimate of drug-likeness (QED) is 0.856. The largest absolute Gasteiger partial charge is 0.382 e. The molecule has 0 aliphatic carbocycles. The molecule has 0 radical (unpaired) electrons. The highest BCUT2D eigenvalue weighted by molar-refractivity contribution is 6.30. The van der Waals surface area contributed by atoms with Crippen molar-refractivity contribution < 1.29 is 5.11 Å². The summed E-state index contributed by atoms with van der Waals surface area (Å²) in [4.78, 5) is 7.94. The summed E-state index contributed by atoms with van der Waals surface area (Å²) in [5.41, 5.74) is 1.72. The van der Waals surface area contributed by atoms with Gasteiger partial charge >= 0.3 is 0 Å². The molecule has 6 heteroatoms. The summed E-state index contributed by atoms with van der Waals surface area (Å²) in [6.45, 7) is 1.79. The zero-order valence-electron chi connectivity index (χ0n) is 8.92. The van der Waals surface area contributed by atoms with Gasteiger partial charge in [0.25, 0.3) is 0 Å². The van der Waals surface area contributed by atoms with Crippen LogP contribution in [0.4, 0.5) is 0 Å². The van der Waals surface area contributed by atoms with E-state index < -0.39 is 6.10 Å². The Morgan fingerprint density at radius 1 is 1.44 bits per heavy atom. The Kier molecular flexibility index (Phi) is 2.89. The first kappa shape index (κ1) is 11.0. The molecule has 0 fully saturated rings. The first-order chi connectivity index (χ1) is 7.61. The van der Waals surface area contributed by atoms with Crippen LogP contribution >= 0.6 is 11.6 Å². The zero-order chi connectivity index (χ0) is 11.7. The van der Waals surface area contributed by atoms with Gasteiger partial charge in [-0.1, -0.05) is 11.6 Å². The van der Waals surface area contributed by atoms with Crippen LogP contribution in [0.1, 0.15) is 23.1 Å². The molecular formula is C10H11ClN4O. The summed E-state index contributed by atoms with van der Waals surface area (Å²) in [6, 6.07) is 0. The average molecular weight is 239 g/mol. The Labute approximate surface area is 97.7 Å². The van der Waals surface area contributed by atoms with Gasteiger partial charge in [-0.25, -0.2) is 0 Å². The van der Waals surface area contributed by atoms with E-state index in [0.717, 1.165) is 0 Å². The van der Waals surface area contributed by atoms with E-state index in [9.17, 15) is 5.11 Å². The van der Waals surface area contributed by atoms with Crippen LogP contribution in [0.2, 0.25) is 5.15 Å². The van der Waals surface area contributed by atoms with Crippen molar-refractivity contribution >= 4 is 11.6 Å². The molecule has 0 aliphatic heterocycles. The minimum atomic E-state index is -0.894. The molecule has 2 heterocycles. The third kappa shape index (κ3) is 1.79. The monoisotopic (exact) mass is 238 g/mol. The zero-order valence-corrected chi connectivity index (χ0v) is 9.68. The summed E-state index contributed by atoms with van der Waals surface area (Å²) < 4.78 is 1.52. The smallest absolute Gasteiger partial charge is 0.133 e. The van der Waals surface area contributed by atoms with Crippen LogP contribution in [0.25, 0.3) is 0 Å². The van der Waals surface area contributed by atoms with E-state index in [1.807, 2.05) is 0 Å². The maximum atomic E-state index is 10.1. The first-order valence-electron chi connectivity index (χ1n) is 4.74. The number of aryl methyl sites for hydroxylation is 2. The van der Waals surface area contributed by atoms with E-state index in [1.54, 1.807) is 20.2 Å². The topological polar surface area (TPSA) is 63.8 Å². The lowest BCUT2D eigenvalue weighted by Crippen LogP contribution is -2.04. The summed E-state index contributed by atoms with van der Waals surface area (Å²) in [5.74, 6) is 0. The third-order valence-corrected chi connectivity index (χ3v) is 2.78. The lowest BCUT2D eigenvalue weighted by Gasteiger charge is -2.08. The number of aliphatic hydroxyl groups is 1. The maximum Gasteiger partial charge on any atom is 0.133 e. The summed E-state index contributed by atoms with van der Waals surface area (Å²) in [5, 5.41) is 14.7. The van der Waals surface area contributed by atoms with Crippen molar-refractivity contribution in [3.05, 3.63) is 40.7 Å². The molecule has 0 aliphatic rings. The number of aromatic nitrogens is 4. The van der Waals surface area contributed by atoms with Crippen LogP contribution < -0.4 is 0 Å². The van der Waals surface area contributed by atoms with Crippen molar-refractivity contribution in [2.45, 2.75) is 13.0 Å². The van der Waals surface area contributed by atoms with Gasteiger partial charge in [0, 0.05) is 25.0 Å². The number of rotatable bonds is 2. The molecule has 0 amide bonds. The van der Waals surface area contributed by atoms with E-state index in [1.165, 1.54) is 17.1 Å². The minimum absolute atomic E-state index is 0.413. The van der Waals surface area contributed by atoms with Crippen molar-refractivity contribution in [2.75, 3.05) is 0 Å². The highest BCUT2D eigenvalue weighted by atomic mass is 35.5. The fraction of sp³-hybridized carbons (Fsp3) is 0.300. The number of halogens is 1. The van der Waals surface area contributed by atoms with Gasteiger partial charge in [0.2, 0.25) is 0 Å². The molecule has 84 valence electrons. The lowest BCUT2D eigenvalue weighted by atomic mass is 10.1. The molecule has 5 nitrogen and oxygen atoms in total. The Hall–Kier alpha value is -1.46. The summed E-state index contributed by atoms with van der Waals surface area (Å²) in [6.07, 6.45) is 3.69. The third-order valence-electron chi connectivity index (χ3n) is 2.33. The van der Waals surface area contributed by atoms with E-state index in [-0.39, 0.29) is 0 Å². The van der Waals surface area contributed by atoms with Crippen LogP contribution in [-0.4, -0.2) is 24.9 Å². The van der Waals surface area contributed by atoms with Gasteiger partial charge in [-0.05, 0) is 6.92 Å². The van der Waals surface area contributed by atoms with E-state index in [4.69, 9.17) is 11.6 Å². The van der Waals surface area contributed by atoms with Crippen LogP contribution in [0.15, 0.2) is 18.6 Å². The highest BCUT2D eigenvalue weighted by Crippen LogP contribution is 2.29. The molecule has 2 aromatic heterocycles.